The van der Waals surface area contributed by atoms with Crippen LogP contribution in [0.4, 0.5) is 0 Å². The second-order valence-electron chi connectivity index (χ2n) is 5.53. The number of rotatable bonds is 5. The summed E-state index contributed by atoms with van der Waals surface area (Å²) in [7, 11) is 1.85. The largest absolute Gasteiger partial charge is 0.381 e. The summed E-state index contributed by atoms with van der Waals surface area (Å²) in [4.78, 5) is 2.70. The first-order valence-electron chi connectivity index (χ1n) is 7.35. The smallest absolute Gasteiger partial charge is 0.0595 e. The van der Waals surface area contributed by atoms with Crippen molar-refractivity contribution in [2.75, 3.05) is 26.7 Å². The summed E-state index contributed by atoms with van der Waals surface area (Å²) in [5.74, 6) is 0. The second-order valence-corrected chi connectivity index (χ2v) is 5.53. The van der Waals surface area contributed by atoms with Crippen LogP contribution in [0.5, 0.6) is 0 Å². The summed E-state index contributed by atoms with van der Waals surface area (Å²) in [6.45, 7) is 5.89. The van der Waals surface area contributed by atoms with Crippen LogP contribution in [-0.4, -0.2) is 49.8 Å². The van der Waals surface area contributed by atoms with E-state index >= 15 is 0 Å². The lowest BCUT2D eigenvalue weighted by Crippen LogP contribution is -2.50. The van der Waals surface area contributed by atoms with Gasteiger partial charge in [-0.25, -0.2) is 0 Å². The highest BCUT2D eigenvalue weighted by Gasteiger charge is 2.33. The Hall–Kier alpha value is -0.120. The Balaban J connectivity index is 1.80. The van der Waals surface area contributed by atoms with Gasteiger partial charge in [-0.15, -0.1) is 0 Å². The predicted octanol–water partition coefficient (Wildman–Crippen LogP) is 2.02. The molecule has 2 aliphatic rings. The Labute approximate surface area is 106 Å². The van der Waals surface area contributed by atoms with E-state index in [0.29, 0.717) is 6.10 Å². The first-order chi connectivity index (χ1) is 8.35. The number of ether oxygens (including phenoxy) is 1. The zero-order valence-electron chi connectivity index (χ0n) is 11.5. The topological polar surface area (TPSA) is 24.5 Å². The molecule has 0 aromatic carbocycles. The number of piperidine rings is 1. The predicted molar refractivity (Wildman–Crippen MR) is 71.3 cm³/mol. The molecule has 0 aromatic heterocycles. The highest BCUT2D eigenvalue weighted by atomic mass is 16.5. The van der Waals surface area contributed by atoms with Crippen LogP contribution in [0.25, 0.3) is 0 Å². The minimum Gasteiger partial charge on any atom is -0.381 e. The van der Waals surface area contributed by atoms with Gasteiger partial charge in [0.05, 0.1) is 6.10 Å². The lowest BCUT2D eigenvalue weighted by atomic mass is 10.0. The van der Waals surface area contributed by atoms with Crippen LogP contribution in [-0.2, 0) is 4.74 Å². The molecule has 3 nitrogen and oxygen atoms in total. The maximum atomic E-state index is 5.45. The lowest BCUT2D eigenvalue weighted by Gasteiger charge is -2.38. The van der Waals surface area contributed by atoms with Gasteiger partial charge in [0.2, 0.25) is 0 Å². The highest BCUT2D eigenvalue weighted by molar-refractivity contribution is 4.92. The number of methoxy groups -OCH3 is 1. The fraction of sp³-hybridized carbons (Fsp3) is 1.00. The molecule has 1 N–H and O–H groups in total. The van der Waals surface area contributed by atoms with Gasteiger partial charge in [-0.1, -0.05) is 13.3 Å². The lowest BCUT2D eigenvalue weighted by molar-refractivity contribution is 0.0240. The van der Waals surface area contributed by atoms with E-state index in [1.54, 1.807) is 0 Å². The summed E-state index contributed by atoms with van der Waals surface area (Å²) in [5.41, 5.74) is 0. The van der Waals surface area contributed by atoms with E-state index in [-0.39, 0.29) is 0 Å². The van der Waals surface area contributed by atoms with Gasteiger partial charge in [-0.3, -0.25) is 4.90 Å². The normalized spacial score (nSPS) is 32.1. The number of hydrogen-bond donors (Lipinski definition) is 1. The molecular weight excluding hydrogens is 212 g/mol. The number of nitrogens with one attached hydrogen (secondary N) is 1. The molecule has 0 spiro atoms. The van der Waals surface area contributed by atoms with Crippen LogP contribution < -0.4 is 5.32 Å². The first-order valence-corrected chi connectivity index (χ1v) is 7.35. The van der Waals surface area contributed by atoms with Crippen molar-refractivity contribution in [3.05, 3.63) is 0 Å². The van der Waals surface area contributed by atoms with Crippen molar-refractivity contribution < 1.29 is 4.74 Å². The average Bonchev–Trinajstić information content (AvgIpc) is 2.84. The van der Waals surface area contributed by atoms with Crippen molar-refractivity contribution >= 4 is 0 Å². The van der Waals surface area contributed by atoms with Gasteiger partial charge in [0, 0.05) is 32.3 Å². The number of likely N-dealkylation sites (tertiary alicyclic amines) is 1. The molecule has 1 aliphatic carbocycles. The van der Waals surface area contributed by atoms with Crippen LogP contribution >= 0.6 is 0 Å². The molecule has 1 saturated heterocycles. The summed E-state index contributed by atoms with van der Waals surface area (Å²) in [6.07, 6.45) is 8.34. The Bertz CT molecular complexity index is 214. The zero-order valence-corrected chi connectivity index (χ0v) is 11.5. The minimum absolute atomic E-state index is 0.509. The molecule has 17 heavy (non-hydrogen) atoms. The molecule has 0 radical (unpaired) electrons. The van der Waals surface area contributed by atoms with Gasteiger partial charge in [0.1, 0.15) is 0 Å². The van der Waals surface area contributed by atoms with Crippen LogP contribution in [0.15, 0.2) is 0 Å². The van der Waals surface area contributed by atoms with Gasteiger partial charge in [0.25, 0.3) is 0 Å². The quantitative estimate of drug-likeness (QED) is 0.795. The summed E-state index contributed by atoms with van der Waals surface area (Å²) >= 11 is 0. The third-order valence-corrected chi connectivity index (χ3v) is 4.41. The van der Waals surface area contributed by atoms with Gasteiger partial charge in [0.15, 0.2) is 0 Å². The van der Waals surface area contributed by atoms with E-state index < -0.39 is 0 Å². The number of nitrogens with zero attached hydrogens (tertiary/aromatic N) is 1. The summed E-state index contributed by atoms with van der Waals surface area (Å²) < 4.78 is 5.45. The maximum Gasteiger partial charge on any atom is 0.0595 e. The fourth-order valence-electron chi connectivity index (χ4n) is 3.39. The van der Waals surface area contributed by atoms with Crippen LogP contribution in [0.2, 0.25) is 0 Å². The zero-order chi connectivity index (χ0) is 12.1. The molecule has 2 rings (SSSR count). The van der Waals surface area contributed by atoms with E-state index in [1.165, 1.54) is 58.2 Å². The molecule has 3 heteroatoms. The molecule has 2 unspecified atom stereocenters. The Morgan fingerprint density at radius 3 is 2.59 bits per heavy atom. The molecule has 0 aromatic rings. The van der Waals surface area contributed by atoms with Gasteiger partial charge in [-0.2, -0.15) is 0 Å². The Morgan fingerprint density at radius 2 is 1.94 bits per heavy atom. The molecule has 1 heterocycles. The van der Waals surface area contributed by atoms with Crippen molar-refractivity contribution in [1.82, 2.24) is 10.2 Å². The monoisotopic (exact) mass is 240 g/mol. The summed E-state index contributed by atoms with van der Waals surface area (Å²) in [5, 5.41) is 3.73. The molecule has 100 valence electrons. The van der Waals surface area contributed by atoms with E-state index in [9.17, 15) is 0 Å². The standard InChI is InChI=1S/C14H28N2O/c1-3-9-15-13-5-4-6-14(13)16-10-7-12(17-2)8-11-16/h12-15H,3-11H2,1-2H3. The van der Waals surface area contributed by atoms with Crippen LogP contribution in [0, 0.1) is 0 Å². The van der Waals surface area contributed by atoms with E-state index in [0.717, 1.165) is 12.1 Å². The van der Waals surface area contributed by atoms with Crippen LogP contribution in [0.3, 0.4) is 0 Å². The van der Waals surface area contributed by atoms with Gasteiger partial charge in [-0.05, 0) is 38.6 Å². The average molecular weight is 240 g/mol. The van der Waals surface area contributed by atoms with Crippen molar-refractivity contribution in [3.63, 3.8) is 0 Å². The summed E-state index contributed by atoms with van der Waals surface area (Å²) in [6, 6.07) is 1.54. The Kier molecular flexibility index (Phi) is 5.26. The van der Waals surface area contributed by atoms with Crippen molar-refractivity contribution in [2.45, 2.75) is 63.6 Å². The molecule has 2 fully saturated rings. The SMILES string of the molecule is CCCNC1CCCC1N1CCC(OC)CC1. The second kappa shape index (κ2) is 6.72. The van der Waals surface area contributed by atoms with E-state index in [1.807, 2.05) is 7.11 Å². The van der Waals surface area contributed by atoms with E-state index in [4.69, 9.17) is 4.74 Å². The van der Waals surface area contributed by atoms with E-state index in [2.05, 4.69) is 17.1 Å². The minimum atomic E-state index is 0.509. The fourth-order valence-corrected chi connectivity index (χ4v) is 3.39. The van der Waals surface area contributed by atoms with Gasteiger partial charge < -0.3 is 10.1 Å². The molecule has 1 saturated carbocycles. The third-order valence-electron chi connectivity index (χ3n) is 4.41. The molecule has 0 bridgehead atoms. The maximum absolute atomic E-state index is 5.45. The highest BCUT2D eigenvalue weighted by Crippen LogP contribution is 2.27. The molecule has 2 atom stereocenters. The first kappa shape index (κ1) is 13.3. The third kappa shape index (κ3) is 3.43. The van der Waals surface area contributed by atoms with Crippen molar-refractivity contribution in [2.24, 2.45) is 0 Å². The Morgan fingerprint density at radius 1 is 1.18 bits per heavy atom. The van der Waals surface area contributed by atoms with Gasteiger partial charge >= 0.3 is 0 Å². The molecule has 0 amide bonds. The number of hydrogen-bond acceptors (Lipinski definition) is 3. The van der Waals surface area contributed by atoms with Crippen molar-refractivity contribution in [1.29, 1.82) is 0 Å². The molecular formula is C14H28N2O. The van der Waals surface area contributed by atoms with Crippen LogP contribution in [0.1, 0.15) is 45.4 Å². The molecule has 1 aliphatic heterocycles. The van der Waals surface area contributed by atoms with Crippen molar-refractivity contribution in [3.8, 4) is 0 Å².